The molecular formula is C26H50O10. The molecule has 0 aromatic carbocycles. The number of rotatable bonds is 25. The Bertz CT molecular complexity index is 507. The van der Waals surface area contributed by atoms with Crippen molar-refractivity contribution in [2.75, 3.05) is 66.1 Å². The van der Waals surface area contributed by atoms with Gasteiger partial charge in [0.1, 0.15) is 31.0 Å². The van der Waals surface area contributed by atoms with Crippen LogP contribution in [0.4, 0.5) is 0 Å². The van der Waals surface area contributed by atoms with Gasteiger partial charge in [-0.2, -0.15) is 0 Å². The first kappa shape index (κ1) is 33.2. The van der Waals surface area contributed by atoms with Gasteiger partial charge in [-0.05, 0) is 6.42 Å². The largest absolute Gasteiger partial charge is 0.463 e. The van der Waals surface area contributed by atoms with Gasteiger partial charge in [-0.1, -0.05) is 58.3 Å². The molecular weight excluding hydrogens is 472 g/mol. The maximum absolute atomic E-state index is 11.9. The fourth-order valence-corrected chi connectivity index (χ4v) is 4.17. The third-order valence-electron chi connectivity index (χ3n) is 6.01. The van der Waals surface area contributed by atoms with Gasteiger partial charge >= 0.3 is 5.97 Å². The fourth-order valence-electron chi connectivity index (χ4n) is 4.17. The van der Waals surface area contributed by atoms with E-state index in [-0.39, 0.29) is 72.0 Å². The summed E-state index contributed by atoms with van der Waals surface area (Å²) in [6.45, 7) is 2.88. The lowest BCUT2D eigenvalue weighted by Crippen LogP contribution is -2.45. The molecule has 36 heavy (non-hydrogen) atoms. The van der Waals surface area contributed by atoms with Crippen molar-refractivity contribution in [3.63, 3.8) is 0 Å². The monoisotopic (exact) mass is 522 g/mol. The highest BCUT2D eigenvalue weighted by Gasteiger charge is 2.44. The van der Waals surface area contributed by atoms with Crippen LogP contribution in [-0.4, -0.2) is 112 Å². The molecule has 1 rings (SSSR count). The third-order valence-corrected chi connectivity index (χ3v) is 6.01. The summed E-state index contributed by atoms with van der Waals surface area (Å²) in [5.74, 6) is -0.213. The molecule has 1 heterocycles. The minimum absolute atomic E-state index is 0.0937. The SMILES string of the molecule is CCCCCCCCCCCC(=O)OCCOCC(OCCO)[C@H]1OC[C@@H](OCCO)[C@@H]1OCCO. The van der Waals surface area contributed by atoms with Crippen molar-refractivity contribution in [2.24, 2.45) is 0 Å². The molecule has 1 aliphatic rings. The summed E-state index contributed by atoms with van der Waals surface area (Å²) in [5.41, 5.74) is 0. The fraction of sp³-hybridized carbons (Fsp3) is 0.962. The van der Waals surface area contributed by atoms with E-state index in [2.05, 4.69) is 6.92 Å². The van der Waals surface area contributed by atoms with Gasteiger partial charge in [-0.3, -0.25) is 4.79 Å². The first-order valence-electron chi connectivity index (χ1n) is 13.7. The summed E-state index contributed by atoms with van der Waals surface area (Å²) >= 11 is 0. The predicted molar refractivity (Wildman–Crippen MR) is 134 cm³/mol. The maximum Gasteiger partial charge on any atom is 0.305 e. The summed E-state index contributed by atoms with van der Waals surface area (Å²) in [5, 5.41) is 27.4. The first-order chi connectivity index (χ1) is 17.7. The topological polar surface area (TPSA) is 133 Å². The lowest BCUT2D eigenvalue weighted by molar-refractivity contribution is -0.149. The molecule has 0 spiro atoms. The lowest BCUT2D eigenvalue weighted by atomic mass is 10.1. The third kappa shape index (κ3) is 15.4. The molecule has 0 aliphatic carbocycles. The minimum Gasteiger partial charge on any atom is -0.463 e. The normalized spacial score (nSPS) is 20.6. The molecule has 10 nitrogen and oxygen atoms in total. The van der Waals surface area contributed by atoms with Crippen LogP contribution in [0.1, 0.15) is 71.1 Å². The van der Waals surface area contributed by atoms with E-state index in [1.807, 2.05) is 0 Å². The van der Waals surface area contributed by atoms with Crippen molar-refractivity contribution in [3.05, 3.63) is 0 Å². The molecule has 0 amide bonds. The van der Waals surface area contributed by atoms with E-state index in [1.165, 1.54) is 38.5 Å². The Balaban J connectivity index is 2.27. The van der Waals surface area contributed by atoms with Crippen molar-refractivity contribution in [2.45, 2.75) is 95.5 Å². The highest BCUT2D eigenvalue weighted by Crippen LogP contribution is 2.25. The number of aliphatic hydroxyl groups is 3. The summed E-state index contributed by atoms with van der Waals surface area (Å²) < 4.78 is 33.8. The molecule has 1 saturated heterocycles. The quantitative estimate of drug-likeness (QED) is 0.121. The molecule has 1 aliphatic heterocycles. The number of aliphatic hydroxyl groups excluding tert-OH is 3. The Morgan fingerprint density at radius 3 is 2.14 bits per heavy atom. The van der Waals surface area contributed by atoms with Gasteiger partial charge < -0.3 is 43.7 Å². The van der Waals surface area contributed by atoms with Gasteiger partial charge in [-0.25, -0.2) is 0 Å². The van der Waals surface area contributed by atoms with Crippen LogP contribution >= 0.6 is 0 Å². The first-order valence-corrected chi connectivity index (χ1v) is 13.7. The molecule has 3 N–H and O–H groups in total. The number of carbonyl (C=O) groups excluding carboxylic acids is 1. The van der Waals surface area contributed by atoms with Crippen molar-refractivity contribution in [1.29, 1.82) is 0 Å². The van der Waals surface area contributed by atoms with Gasteiger partial charge in [0.05, 0.1) is 59.5 Å². The molecule has 0 bridgehead atoms. The van der Waals surface area contributed by atoms with Gasteiger partial charge in [0.25, 0.3) is 0 Å². The molecule has 4 atom stereocenters. The summed E-state index contributed by atoms with van der Waals surface area (Å²) in [6, 6.07) is 0. The van der Waals surface area contributed by atoms with E-state index >= 15 is 0 Å². The van der Waals surface area contributed by atoms with E-state index in [0.29, 0.717) is 6.42 Å². The second kappa shape index (κ2) is 23.3. The molecule has 10 heteroatoms. The van der Waals surface area contributed by atoms with Crippen molar-refractivity contribution in [1.82, 2.24) is 0 Å². The Morgan fingerprint density at radius 1 is 0.833 bits per heavy atom. The Hall–Kier alpha value is -0.850. The number of hydrogen-bond acceptors (Lipinski definition) is 10. The van der Waals surface area contributed by atoms with Crippen LogP contribution in [0.25, 0.3) is 0 Å². The summed E-state index contributed by atoms with van der Waals surface area (Å²) in [7, 11) is 0. The van der Waals surface area contributed by atoms with E-state index in [1.54, 1.807) is 0 Å². The number of esters is 1. The van der Waals surface area contributed by atoms with Crippen molar-refractivity contribution < 1.29 is 48.5 Å². The van der Waals surface area contributed by atoms with Crippen LogP contribution in [0.3, 0.4) is 0 Å². The smallest absolute Gasteiger partial charge is 0.305 e. The van der Waals surface area contributed by atoms with E-state index < -0.39 is 24.4 Å². The zero-order chi connectivity index (χ0) is 26.3. The number of ether oxygens (including phenoxy) is 6. The van der Waals surface area contributed by atoms with Crippen LogP contribution in [0.5, 0.6) is 0 Å². The number of unbranched alkanes of at least 4 members (excludes halogenated alkanes) is 8. The highest BCUT2D eigenvalue weighted by atomic mass is 16.6. The van der Waals surface area contributed by atoms with Gasteiger partial charge in [0.2, 0.25) is 0 Å². The molecule has 0 radical (unpaired) electrons. The van der Waals surface area contributed by atoms with Crippen LogP contribution in [0.2, 0.25) is 0 Å². The molecule has 214 valence electrons. The van der Waals surface area contributed by atoms with Crippen LogP contribution in [0.15, 0.2) is 0 Å². The second-order valence-electron chi connectivity index (χ2n) is 9.00. The average molecular weight is 523 g/mol. The lowest BCUT2D eigenvalue weighted by Gasteiger charge is -2.29. The van der Waals surface area contributed by atoms with E-state index in [0.717, 1.165) is 19.3 Å². The zero-order valence-corrected chi connectivity index (χ0v) is 22.2. The number of carbonyl (C=O) groups is 1. The van der Waals surface area contributed by atoms with Crippen LogP contribution in [0, 0.1) is 0 Å². The number of hydrogen-bond donors (Lipinski definition) is 3. The minimum atomic E-state index is -0.554. The second-order valence-corrected chi connectivity index (χ2v) is 9.00. The standard InChI is InChI=1S/C26H50O10/c1-2-3-4-5-6-7-8-9-10-11-24(30)34-19-18-31-20-22(32-15-12-27)26-25(35-17-14-29)23(21-36-26)33-16-13-28/h22-23,25-29H,2-21H2,1H3/t22?,23-,25+,26-/m1/s1. The van der Waals surface area contributed by atoms with E-state index in [9.17, 15) is 9.90 Å². The molecule has 0 aromatic rings. The van der Waals surface area contributed by atoms with Crippen molar-refractivity contribution in [3.8, 4) is 0 Å². The Labute approximate surface area is 216 Å². The molecule has 1 fully saturated rings. The van der Waals surface area contributed by atoms with Crippen LogP contribution < -0.4 is 0 Å². The maximum atomic E-state index is 11.9. The van der Waals surface area contributed by atoms with Gasteiger partial charge in [-0.15, -0.1) is 0 Å². The zero-order valence-electron chi connectivity index (χ0n) is 22.2. The van der Waals surface area contributed by atoms with E-state index in [4.69, 9.17) is 38.6 Å². The molecule has 1 unspecified atom stereocenters. The van der Waals surface area contributed by atoms with Gasteiger partial charge in [0, 0.05) is 6.42 Å². The highest BCUT2D eigenvalue weighted by molar-refractivity contribution is 5.69. The van der Waals surface area contributed by atoms with Crippen LogP contribution in [-0.2, 0) is 33.2 Å². The Kier molecular flexibility index (Phi) is 21.5. The van der Waals surface area contributed by atoms with Gasteiger partial charge in [0.15, 0.2) is 0 Å². The predicted octanol–water partition coefficient (Wildman–Crippen LogP) is 2.00. The van der Waals surface area contributed by atoms with Crippen molar-refractivity contribution >= 4 is 5.97 Å². The molecule has 0 saturated carbocycles. The average Bonchev–Trinajstić information content (AvgIpc) is 3.29. The summed E-state index contributed by atoms with van der Waals surface area (Å²) in [4.78, 5) is 11.9. The molecule has 0 aromatic heterocycles. The summed E-state index contributed by atoms with van der Waals surface area (Å²) in [6.07, 6.45) is 9.17. The Morgan fingerprint density at radius 2 is 1.47 bits per heavy atom.